The molecular formula is C26H21F4N3O3S. The van der Waals surface area contributed by atoms with Gasteiger partial charge in [0.2, 0.25) is 0 Å². The number of rotatable bonds is 8. The molecule has 1 atom stereocenters. The van der Waals surface area contributed by atoms with Gasteiger partial charge in [-0.15, -0.1) is 0 Å². The Morgan fingerprint density at radius 3 is 2.51 bits per heavy atom. The van der Waals surface area contributed by atoms with Crippen molar-refractivity contribution in [1.82, 2.24) is 0 Å². The molecule has 0 bridgehead atoms. The van der Waals surface area contributed by atoms with Crippen LogP contribution in [0.5, 0.6) is 11.5 Å². The molecule has 1 N–H and O–H groups in total. The van der Waals surface area contributed by atoms with Crippen LogP contribution >= 0.6 is 0 Å². The van der Waals surface area contributed by atoms with Gasteiger partial charge in [0.15, 0.2) is 9.84 Å². The summed E-state index contributed by atoms with van der Waals surface area (Å²) in [7, 11) is -3.60. The zero-order chi connectivity index (χ0) is 26.6. The van der Waals surface area contributed by atoms with E-state index in [0.717, 1.165) is 18.5 Å². The number of anilines is 1. The summed E-state index contributed by atoms with van der Waals surface area (Å²) >= 11 is 0. The van der Waals surface area contributed by atoms with E-state index in [1.807, 2.05) is 6.07 Å². The first-order valence-corrected chi connectivity index (χ1v) is 12.9. The van der Waals surface area contributed by atoms with Gasteiger partial charge in [0.05, 0.1) is 34.3 Å². The number of para-hydroxylation sites is 1. The molecule has 0 fully saturated rings. The van der Waals surface area contributed by atoms with E-state index >= 15 is 0 Å². The first-order chi connectivity index (χ1) is 17.6. The number of unbranched alkanes of at least 4 members (excludes halogenated alkanes) is 2. The lowest BCUT2D eigenvalue weighted by atomic mass is 9.93. The summed E-state index contributed by atoms with van der Waals surface area (Å²) in [6, 6.07) is 14.1. The van der Waals surface area contributed by atoms with Crippen LogP contribution in [0.25, 0.3) is 0 Å². The molecule has 1 unspecified atom stereocenters. The van der Waals surface area contributed by atoms with Gasteiger partial charge in [0.25, 0.3) is 0 Å². The first kappa shape index (κ1) is 26.2. The van der Waals surface area contributed by atoms with E-state index in [-0.39, 0.29) is 45.4 Å². The number of hydrogen-bond donors (Lipinski definition) is 1. The minimum atomic E-state index is -4.61. The monoisotopic (exact) mass is 531 g/mol. The van der Waals surface area contributed by atoms with Crippen LogP contribution in [-0.2, 0) is 16.0 Å². The third kappa shape index (κ3) is 5.91. The molecule has 3 aromatic rings. The van der Waals surface area contributed by atoms with Crippen LogP contribution in [0.4, 0.5) is 23.2 Å². The van der Waals surface area contributed by atoms with Crippen molar-refractivity contribution in [3.05, 3.63) is 83.2 Å². The summed E-state index contributed by atoms with van der Waals surface area (Å²) in [6.45, 7) is 0. The number of benzene rings is 3. The Kier molecular flexibility index (Phi) is 7.50. The van der Waals surface area contributed by atoms with Gasteiger partial charge in [0, 0.05) is 17.5 Å². The molecular weight excluding hydrogens is 510 g/mol. The average Bonchev–Trinajstić information content (AvgIpc) is 2.87. The van der Waals surface area contributed by atoms with Gasteiger partial charge in [-0.3, -0.25) is 4.99 Å². The maximum Gasteiger partial charge on any atom is 0.418 e. The van der Waals surface area contributed by atoms with Crippen molar-refractivity contribution in [3.63, 3.8) is 0 Å². The lowest BCUT2D eigenvalue weighted by Gasteiger charge is -2.25. The number of halogens is 4. The quantitative estimate of drug-likeness (QED) is 0.260. The number of fused-ring (bicyclic) bond motifs is 1. The van der Waals surface area contributed by atoms with Crippen LogP contribution in [0.3, 0.4) is 0 Å². The van der Waals surface area contributed by atoms with E-state index in [0.29, 0.717) is 12.8 Å². The molecule has 0 aliphatic carbocycles. The van der Waals surface area contributed by atoms with Crippen molar-refractivity contribution in [2.24, 2.45) is 4.99 Å². The number of hydrogen-bond acceptors (Lipinski definition) is 6. The van der Waals surface area contributed by atoms with Gasteiger partial charge in [-0.05, 0) is 55.3 Å². The maximum atomic E-state index is 14.8. The van der Waals surface area contributed by atoms with Gasteiger partial charge in [-0.25, -0.2) is 12.8 Å². The standard InChI is InChI=1S/C26H21F4N3O3S/c27-23-11-10-18(36-17-6-4-7-19(14-17)37(34,35)13-3-1-2-12-31)15-21(23)24-20-8-5-9-22(26(28,29)30)25(20)33-16-32-24/h4-11,14-16,24H,1-3,13H2,(H,32,33). The number of sulfone groups is 1. The molecule has 192 valence electrons. The lowest BCUT2D eigenvalue weighted by Crippen LogP contribution is -2.18. The Morgan fingerprint density at radius 2 is 1.76 bits per heavy atom. The minimum Gasteiger partial charge on any atom is -0.457 e. The lowest BCUT2D eigenvalue weighted by molar-refractivity contribution is -0.137. The van der Waals surface area contributed by atoms with Gasteiger partial charge in [0.1, 0.15) is 23.4 Å². The molecule has 0 saturated heterocycles. The second-order valence-electron chi connectivity index (χ2n) is 8.29. The molecule has 1 aliphatic heterocycles. The van der Waals surface area contributed by atoms with Crippen LogP contribution in [0, 0.1) is 17.1 Å². The normalized spacial score (nSPS) is 14.9. The highest BCUT2D eigenvalue weighted by molar-refractivity contribution is 7.91. The fourth-order valence-electron chi connectivity index (χ4n) is 3.98. The van der Waals surface area contributed by atoms with E-state index in [9.17, 15) is 26.0 Å². The Bertz CT molecular complexity index is 1480. The summed E-state index contributed by atoms with van der Waals surface area (Å²) in [5.74, 6) is -0.466. The van der Waals surface area contributed by atoms with Crippen molar-refractivity contribution in [1.29, 1.82) is 5.26 Å². The number of ether oxygens (including phenoxy) is 1. The molecule has 1 heterocycles. The van der Waals surface area contributed by atoms with E-state index in [2.05, 4.69) is 10.3 Å². The van der Waals surface area contributed by atoms with E-state index in [1.165, 1.54) is 48.5 Å². The fourth-order valence-corrected chi connectivity index (χ4v) is 5.38. The molecule has 4 rings (SSSR count). The molecule has 6 nitrogen and oxygen atoms in total. The smallest absolute Gasteiger partial charge is 0.418 e. The Labute approximate surface area is 211 Å². The van der Waals surface area contributed by atoms with E-state index in [1.54, 1.807) is 0 Å². The highest BCUT2D eigenvalue weighted by Crippen LogP contribution is 2.43. The fraction of sp³-hybridized carbons (Fsp3) is 0.231. The molecule has 0 radical (unpaired) electrons. The van der Waals surface area contributed by atoms with E-state index < -0.39 is 33.4 Å². The van der Waals surface area contributed by atoms with Crippen LogP contribution in [-0.4, -0.2) is 20.5 Å². The van der Waals surface area contributed by atoms with Gasteiger partial charge in [-0.1, -0.05) is 18.2 Å². The Balaban J connectivity index is 1.61. The van der Waals surface area contributed by atoms with Crippen LogP contribution in [0.2, 0.25) is 0 Å². The molecule has 0 aromatic heterocycles. The van der Waals surface area contributed by atoms with Crippen molar-refractivity contribution in [2.75, 3.05) is 11.1 Å². The molecule has 0 spiro atoms. The number of aliphatic imine (C=N–C) groups is 1. The number of nitrogens with one attached hydrogen (secondary N) is 1. The highest BCUT2D eigenvalue weighted by atomic mass is 32.2. The predicted molar refractivity (Wildman–Crippen MR) is 130 cm³/mol. The first-order valence-electron chi connectivity index (χ1n) is 11.3. The summed E-state index contributed by atoms with van der Waals surface area (Å²) in [6.07, 6.45) is -2.43. The van der Waals surface area contributed by atoms with Gasteiger partial charge < -0.3 is 10.1 Å². The topological polar surface area (TPSA) is 91.5 Å². The Morgan fingerprint density at radius 1 is 1.00 bits per heavy atom. The average molecular weight is 532 g/mol. The van der Waals surface area contributed by atoms with Gasteiger partial charge in [-0.2, -0.15) is 18.4 Å². The molecule has 0 saturated carbocycles. The largest absolute Gasteiger partial charge is 0.457 e. The zero-order valence-corrected chi connectivity index (χ0v) is 20.1. The van der Waals surface area contributed by atoms with Crippen LogP contribution in [0.15, 0.2) is 70.6 Å². The number of nitriles is 1. The van der Waals surface area contributed by atoms with Crippen molar-refractivity contribution >= 4 is 21.9 Å². The van der Waals surface area contributed by atoms with Crippen molar-refractivity contribution < 1.29 is 30.7 Å². The molecule has 3 aromatic carbocycles. The third-order valence-corrected chi connectivity index (χ3v) is 7.54. The molecule has 37 heavy (non-hydrogen) atoms. The predicted octanol–water partition coefficient (Wildman–Crippen LogP) is 6.65. The van der Waals surface area contributed by atoms with E-state index in [4.69, 9.17) is 10.00 Å². The highest BCUT2D eigenvalue weighted by Gasteiger charge is 2.36. The maximum absolute atomic E-state index is 14.8. The molecule has 11 heteroatoms. The molecule has 0 amide bonds. The van der Waals surface area contributed by atoms with Crippen LogP contribution < -0.4 is 10.1 Å². The van der Waals surface area contributed by atoms with Crippen molar-refractivity contribution in [2.45, 2.75) is 36.4 Å². The third-order valence-electron chi connectivity index (χ3n) is 5.74. The second-order valence-corrected chi connectivity index (χ2v) is 10.4. The number of alkyl halides is 3. The SMILES string of the molecule is N#CCCCCS(=O)(=O)c1cccc(Oc2ccc(F)c(C3N=CNc4c3cccc4C(F)(F)F)c2)c1. The summed E-state index contributed by atoms with van der Waals surface area (Å²) in [5, 5.41) is 11.1. The Hall–Kier alpha value is -3.91. The minimum absolute atomic E-state index is 0.00269. The summed E-state index contributed by atoms with van der Waals surface area (Å²) < 4.78 is 86.3. The summed E-state index contributed by atoms with van der Waals surface area (Å²) in [4.78, 5) is 4.21. The van der Waals surface area contributed by atoms with Crippen molar-refractivity contribution in [3.8, 4) is 17.6 Å². The number of nitrogens with zero attached hydrogens (tertiary/aromatic N) is 2. The second kappa shape index (κ2) is 10.6. The van der Waals surface area contributed by atoms with Crippen LogP contribution in [0.1, 0.15) is 42.0 Å². The molecule has 1 aliphatic rings. The van der Waals surface area contributed by atoms with Gasteiger partial charge >= 0.3 is 6.18 Å². The summed E-state index contributed by atoms with van der Waals surface area (Å²) in [5.41, 5.74) is -0.942. The zero-order valence-electron chi connectivity index (χ0n) is 19.3.